The highest BCUT2D eigenvalue weighted by Gasteiger charge is 2.32. The van der Waals surface area contributed by atoms with Gasteiger partial charge in [0.05, 0.1) is 12.8 Å². The third kappa shape index (κ3) is 7.00. The fourth-order valence-corrected chi connectivity index (χ4v) is 3.84. The molecule has 0 saturated heterocycles. The van der Waals surface area contributed by atoms with Crippen molar-refractivity contribution in [3.8, 4) is 0 Å². The van der Waals surface area contributed by atoms with E-state index in [1.807, 2.05) is 66.7 Å². The van der Waals surface area contributed by atoms with Crippen LogP contribution >= 0.6 is 0 Å². The largest absolute Gasteiger partial charge is 0.350 e. The summed E-state index contributed by atoms with van der Waals surface area (Å²) in [5.41, 5.74) is 2.40. The first kappa shape index (κ1) is 25.1. The molecule has 7 nitrogen and oxygen atoms in total. The van der Waals surface area contributed by atoms with Gasteiger partial charge < -0.3 is 10.2 Å². The van der Waals surface area contributed by atoms with Crippen LogP contribution in [0.1, 0.15) is 22.7 Å². The summed E-state index contributed by atoms with van der Waals surface area (Å²) in [4.78, 5) is 28.4. The Balaban J connectivity index is 1.96. The summed E-state index contributed by atoms with van der Waals surface area (Å²) in [5, 5.41) is 2.94. The van der Waals surface area contributed by atoms with Crippen LogP contribution in [0.2, 0.25) is 0 Å². The second-order valence-electron chi connectivity index (χ2n) is 8.04. The molecule has 0 spiro atoms. The van der Waals surface area contributed by atoms with Crippen molar-refractivity contribution in [2.75, 3.05) is 19.8 Å². The van der Waals surface area contributed by atoms with Crippen LogP contribution in [0.5, 0.6) is 0 Å². The van der Waals surface area contributed by atoms with Crippen molar-refractivity contribution in [2.45, 2.75) is 19.1 Å². The van der Waals surface area contributed by atoms with E-state index in [4.69, 9.17) is 0 Å². The van der Waals surface area contributed by atoms with Crippen LogP contribution in [-0.2, 0) is 32.7 Å². The zero-order valence-electron chi connectivity index (χ0n) is 19.3. The first-order valence-corrected chi connectivity index (χ1v) is 12.7. The van der Waals surface area contributed by atoms with Gasteiger partial charge in [-0.15, -0.1) is 0 Å². The van der Waals surface area contributed by atoms with E-state index in [1.54, 1.807) is 24.3 Å². The molecule has 0 radical (unpaired) electrons. The highest BCUT2D eigenvalue weighted by atomic mass is 32.2. The SMILES string of the molecule is CN(CC(=O)N(Cc1ccccc1)C(C(=O)NCc1ccccc1)c1ccccc1)S(C)(=O)=O. The van der Waals surface area contributed by atoms with Crippen molar-refractivity contribution in [2.24, 2.45) is 0 Å². The maximum Gasteiger partial charge on any atom is 0.247 e. The number of likely N-dealkylation sites (N-methyl/N-ethyl adjacent to an activating group) is 1. The number of nitrogens with zero attached hydrogens (tertiary/aromatic N) is 2. The van der Waals surface area contributed by atoms with Gasteiger partial charge in [0.15, 0.2) is 0 Å². The van der Waals surface area contributed by atoms with E-state index in [0.29, 0.717) is 12.1 Å². The summed E-state index contributed by atoms with van der Waals surface area (Å²) in [6.07, 6.45) is 1.04. The predicted molar refractivity (Wildman–Crippen MR) is 132 cm³/mol. The molecular formula is C26H29N3O4S. The number of nitrogens with one attached hydrogen (secondary N) is 1. The minimum atomic E-state index is -3.58. The van der Waals surface area contributed by atoms with Gasteiger partial charge in [0.1, 0.15) is 6.04 Å². The Hall–Kier alpha value is -3.49. The Bertz CT molecular complexity index is 1190. The molecule has 0 bridgehead atoms. The number of hydrogen-bond donors (Lipinski definition) is 1. The molecule has 2 amide bonds. The zero-order chi connectivity index (χ0) is 24.6. The first-order valence-electron chi connectivity index (χ1n) is 10.9. The second-order valence-corrected chi connectivity index (χ2v) is 10.1. The summed E-state index contributed by atoms with van der Waals surface area (Å²) in [6, 6.07) is 26.9. The minimum absolute atomic E-state index is 0.148. The highest BCUT2D eigenvalue weighted by Crippen LogP contribution is 2.24. The summed E-state index contributed by atoms with van der Waals surface area (Å²) >= 11 is 0. The molecule has 34 heavy (non-hydrogen) atoms. The molecule has 0 fully saturated rings. The molecule has 1 atom stereocenters. The third-order valence-electron chi connectivity index (χ3n) is 5.43. The number of carbonyl (C=O) groups excluding carboxylic acids is 2. The average molecular weight is 480 g/mol. The lowest BCUT2D eigenvalue weighted by Crippen LogP contribution is -2.47. The van der Waals surface area contributed by atoms with Gasteiger partial charge in [-0.05, 0) is 16.7 Å². The fraction of sp³-hybridized carbons (Fsp3) is 0.231. The van der Waals surface area contributed by atoms with Crippen LogP contribution in [-0.4, -0.2) is 49.3 Å². The summed E-state index contributed by atoms with van der Waals surface area (Å²) in [7, 11) is -2.23. The van der Waals surface area contributed by atoms with Crippen molar-refractivity contribution in [1.29, 1.82) is 0 Å². The lowest BCUT2D eigenvalue weighted by molar-refractivity contribution is -0.141. The Morgan fingerprint density at radius 1 is 0.824 bits per heavy atom. The quantitative estimate of drug-likeness (QED) is 0.484. The van der Waals surface area contributed by atoms with Crippen molar-refractivity contribution in [3.05, 3.63) is 108 Å². The van der Waals surface area contributed by atoms with Crippen LogP contribution in [0.4, 0.5) is 0 Å². The topological polar surface area (TPSA) is 86.8 Å². The van der Waals surface area contributed by atoms with Gasteiger partial charge in [-0.25, -0.2) is 8.42 Å². The molecule has 0 saturated carbocycles. The Kier molecular flexibility index (Phi) is 8.56. The Labute approximate surface area is 201 Å². The monoisotopic (exact) mass is 479 g/mol. The zero-order valence-corrected chi connectivity index (χ0v) is 20.1. The van der Waals surface area contributed by atoms with E-state index in [2.05, 4.69) is 5.32 Å². The van der Waals surface area contributed by atoms with Crippen molar-refractivity contribution >= 4 is 21.8 Å². The summed E-state index contributed by atoms with van der Waals surface area (Å²) in [5.74, 6) is -0.818. The van der Waals surface area contributed by atoms with E-state index in [0.717, 1.165) is 21.7 Å². The van der Waals surface area contributed by atoms with E-state index < -0.39 is 22.0 Å². The number of hydrogen-bond acceptors (Lipinski definition) is 4. The maximum atomic E-state index is 13.5. The van der Waals surface area contributed by atoms with Gasteiger partial charge in [-0.2, -0.15) is 4.31 Å². The molecular weight excluding hydrogens is 450 g/mol. The molecule has 0 aliphatic heterocycles. The van der Waals surface area contributed by atoms with E-state index >= 15 is 0 Å². The lowest BCUT2D eigenvalue weighted by Gasteiger charge is -2.32. The predicted octanol–water partition coefficient (Wildman–Crippen LogP) is 2.96. The molecule has 3 aromatic carbocycles. The van der Waals surface area contributed by atoms with E-state index in [1.165, 1.54) is 11.9 Å². The smallest absolute Gasteiger partial charge is 0.247 e. The molecule has 3 aromatic rings. The fourth-order valence-electron chi connectivity index (χ4n) is 3.49. The molecule has 8 heteroatoms. The maximum absolute atomic E-state index is 13.5. The van der Waals surface area contributed by atoms with Gasteiger partial charge in [0, 0.05) is 20.1 Å². The number of amides is 2. The third-order valence-corrected chi connectivity index (χ3v) is 6.69. The average Bonchev–Trinajstić information content (AvgIpc) is 2.83. The summed E-state index contributed by atoms with van der Waals surface area (Å²) < 4.78 is 24.9. The Morgan fingerprint density at radius 3 is 1.85 bits per heavy atom. The number of carbonyl (C=O) groups is 2. The van der Waals surface area contributed by atoms with Gasteiger partial charge in [0.2, 0.25) is 21.8 Å². The number of sulfonamides is 1. The van der Waals surface area contributed by atoms with Crippen LogP contribution in [0.25, 0.3) is 0 Å². The lowest BCUT2D eigenvalue weighted by atomic mass is 10.0. The summed E-state index contributed by atoms with van der Waals surface area (Å²) in [6.45, 7) is 0.0795. The van der Waals surface area contributed by atoms with Gasteiger partial charge in [0.25, 0.3) is 0 Å². The first-order chi connectivity index (χ1) is 16.3. The van der Waals surface area contributed by atoms with Crippen molar-refractivity contribution < 1.29 is 18.0 Å². The molecule has 3 rings (SSSR count). The standard InChI is InChI=1S/C26H29N3O4S/c1-28(34(2,32)33)20-24(30)29(19-22-14-8-4-9-15-22)25(23-16-10-5-11-17-23)26(31)27-18-21-12-6-3-7-13-21/h3-17,25H,18-20H2,1-2H3,(H,27,31). The molecule has 0 aliphatic rings. The molecule has 0 aliphatic carbocycles. The number of benzene rings is 3. The van der Waals surface area contributed by atoms with Crippen molar-refractivity contribution in [3.63, 3.8) is 0 Å². The van der Waals surface area contributed by atoms with Gasteiger partial charge >= 0.3 is 0 Å². The van der Waals surface area contributed by atoms with Crippen LogP contribution in [0, 0.1) is 0 Å². The van der Waals surface area contributed by atoms with Crippen molar-refractivity contribution in [1.82, 2.24) is 14.5 Å². The Morgan fingerprint density at radius 2 is 1.32 bits per heavy atom. The molecule has 0 aromatic heterocycles. The normalized spacial score (nSPS) is 12.2. The van der Waals surface area contributed by atoms with Crippen LogP contribution < -0.4 is 5.32 Å². The van der Waals surface area contributed by atoms with E-state index in [-0.39, 0.29) is 19.0 Å². The second kappa shape index (κ2) is 11.6. The van der Waals surface area contributed by atoms with E-state index in [9.17, 15) is 18.0 Å². The molecule has 1 unspecified atom stereocenters. The minimum Gasteiger partial charge on any atom is -0.350 e. The van der Waals surface area contributed by atoms with Gasteiger partial charge in [-0.1, -0.05) is 91.0 Å². The van der Waals surface area contributed by atoms with Crippen LogP contribution in [0.3, 0.4) is 0 Å². The highest BCUT2D eigenvalue weighted by molar-refractivity contribution is 7.88. The molecule has 0 heterocycles. The molecule has 1 N–H and O–H groups in total. The number of rotatable bonds is 10. The van der Waals surface area contributed by atoms with Crippen LogP contribution in [0.15, 0.2) is 91.0 Å². The molecule has 178 valence electrons. The van der Waals surface area contributed by atoms with Gasteiger partial charge in [-0.3, -0.25) is 9.59 Å².